The van der Waals surface area contributed by atoms with Gasteiger partial charge in [0.25, 0.3) is 0 Å². The van der Waals surface area contributed by atoms with E-state index in [1.54, 1.807) is 12.1 Å². The monoisotopic (exact) mass is 261 g/mol. The van der Waals surface area contributed by atoms with Gasteiger partial charge in [0.2, 0.25) is 0 Å². The number of benzene rings is 1. The van der Waals surface area contributed by atoms with E-state index in [4.69, 9.17) is 15.1 Å². The molecule has 19 heavy (non-hydrogen) atoms. The third kappa shape index (κ3) is 3.99. The van der Waals surface area contributed by atoms with Gasteiger partial charge in [-0.2, -0.15) is 5.26 Å². The maximum atomic E-state index is 10.9. The third-order valence-electron chi connectivity index (χ3n) is 2.98. The topological polar surface area (TPSA) is 70.3 Å². The fourth-order valence-corrected chi connectivity index (χ4v) is 1.77. The second-order valence-electron chi connectivity index (χ2n) is 5.34. The second kappa shape index (κ2) is 5.75. The first-order valence-corrected chi connectivity index (χ1v) is 6.15. The van der Waals surface area contributed by atoms with Crippen LogP contribution in [0.4, 0.5) is 0 Å². The Morgan fingerprint density at radius 2 is 1.89 bits per heavy atom. The van der Waals surface area contributed by atoms with Gasteiger partial charge in [0.15, 0.2) is 0 Å². The number of carboxylic acid groups (broad SMARTS) is 1. The normalized spacial score (nSPS) is 10.9. The van der Waals surface area contributed by atoms with Crippen molar-refractivity contribution in [3.05, 3.63) is 28.8 Å². The number of carbonyl (C=O) groups is 1. The zero-order valence-corrected chi connectivity index (χ0v) is 11.8. The second-order valence-corrected chi connectivity index (χ2v) is 5.34. The van der Waals surface area contributed by atoms with Gasteiger partial charge >= 0.3 is 5.97 Å². The van der Waals surface area contributed by atoms with E-state index in [0.29, 0.717) is 18.8 Å². The summed E-state index contributed by atoms with van der Waals surface area (Å²) in [4.78, 5) is 10.9. The number of nitrogens with zero attached hydrogens (tertiary/aromatic N) is 1. The van der Waals surface area contributed by atoms with Crippen molar-refractivity contribution in [3.63, 3.8) is 0 Å². The molecule has 0 amide bonds. The quantitative estimate of drug-likeness (QED) is 0.882. The average Bonchev–Trinajstić information content (AvgIpc) is 2.32. The summed E-state index contributed by atoms with van der Waals surface area (Å²) in [6.45, 7) is 7.82. The predicted octanol–water partition coefficient (Wildman–Crippen LogP) is 3.32. The first kappa shape index (κ1) is 15.0. The highest BCUT2D eigenvalue weighted by atomic mass is 16.5. The maximum absolute atomic E-state index is 10.9. The zero-order valence-electron chi connectivity index (χ0n) is 11.8. The molecule has 0 aliphatic heterocycles. The summed E-state index contributed by atoms with van der Waals surface area (Å²) in [5.74, 6) is -0.234. The molecule has 4 heteroatoms. The Hall–Kier alpha value is -2.02. The summed E-state index contributed by atoms with van der Waals surface area (Å²) in [5, 5.41) is 17.9. The van der Waals surface area contributed by atoms with E-state index >= 15 is 0 Å². The van der Waals surface area contributed by atoms with Crippen LogP contribution in [0.2, 0.25) is 0 Å². The molecule has 1 N–H and O–H groups in total. The number of ether oxygens (including phenoxy) is 1. The Morgan fingerprint density at radius 1 is 1.37 bits per heavy atom. The minimum absolute atomic E-state index is 0.264. The number of carboxylic acids is 1. The first-order chi connectivity index (χ1) is 8.76. The molecule has 0 heterocycles. The summed E-state index contributed by atoms with van der Waals surface area (Å²) in [6, 6.07) is 5.42. The molecule has 1 rings (SSSR count). The van der Waals surface area contributed by atoms with Gasteiger partial charge in [0, 0.05) is 0 Å². The molecular weight excluding hydrogens is 242 g/mol. The largest absolute Gasteiger partial charge is 0.493 e. The number of rotatable bonds is 5. The lowest BCUT2D eigenvalue weighted by molar-refractivity contribution is 0.0696. The standard InChI is InChI=1S/C15H19NO3/c1-10-7-12(14(17)18)8-11(2)13(10)19-6-5-15(3,4)9-16/h7-8H,5-6H2,1-4H3,(H,17,18). The molecule has 0 fully saturated rings. The van der Waals surface area contributed by atoms with Gasteiger partial charge in [-0.1, -0.05) is 0 Å². The van der Waals surface area contributed by atoms with Gasteiger partial charge in [-0.3, -0.25) is 0 Å². The molecule has 0 aromatic heterocycles. The van der Waals surface area contributed by atoms with E-state index in [1.165, 1.54) is 0 Å². The Bertz CT molecular complexity index is 504. The van der Waals surface area contributed by atoms with Gasteiger partial charge in [-0.25, -0.2) is 4.79 Å². The minimum Gasteiger partial charge on any atom is -0.493 e. The SMILES string of the molecule is Cc1cc(C(=O)O)cc(C)c1OCCC(C)(C)C#N. The number of hydrogen-bond acceptors (Lipinski definition) is 3. The smallest absolute Gasteiger partial charge is 0.335 e. The lowest BCUT2D eigenvalue weighted by atomic mass is 9.92. The molecule has 0 saturated heterocycles. The Balaban J connectivity index is 2.81. The van der Waals surface area contributed by atoms with E-state index in [9.17, 15) is 4.79 Å². The van der Waals surface area contributed by atoms with Crippen molar-refractivity contribution >= 4 is 5.97 Å². The van der Waals surface area contributed by atoms with Crippen molar-refractivity contribution in [1.29, 1.82) is 5.26 Å². The fraction of sp³-hybridized carbons (Fsp3) is 0.467. The molecule has 0 unspecified atom stereocenters. The Labute approximate surface area is 113 Å². The number of aryl methyl sites for hydroxylation is 2. The van der Waals surface area contributed by atoms with Crippen molar-refractivity contribution in [2.24, 2.45) is 5.41 Å². The summed E-state index contributed by atoms with van der Waals surface area (Å²) >= 11 is 0. The zero-order chi connectivity index (χ0) is 14.6. The number of nitriles is 1. The summed E-state index contributed by atoms with van der Waals surface area (Å²) < 4.78 is 5.70. The molecule has 0 aliphatic rings. The van der Waals surface area contributed by atoms with Crippen molar-refractivity contribution in [1.82, 2.24) is 0 Å². The molecule has 0 radical (unpaired) electrons. The van der Waals surface area contributed by atoms with Crippen LogP contribution < -0.4 is 4.74 Å². The van der Waals surface area contributed by atoms with Gasteiger partial charge in [-0.15, -0.1) is 0 Å². The maximum Gasteiger partial charge on any atom is 0.335 e. The molecule has 102 valence electrons. The molecule has 0 atom stereocenters. The van der Waals surface area contributed by atoms with Crippen LogP contribution in [0.5, 0.6) is 5.75 Å². The van der Waals surface area contributed by atoms with Crippen molar-refractivity contribution in [3.8, 4) is 11.8 Å². The van der Waals surface area contributed by atoms with Crippen LogP contribution in [0.3, 0.4) is 0 Å². The van der Waals surface area contributed by atoms with Crippen LogP contribution in [-0.2, 0) is 0 Å². The Kier molecular flexibility index (Phi) is 4.55. The summed E-state index contributed by atoms with van der Waals surface area (Å²) in [6.07, 6.45) is 0.628. The van der Waals surface area contributed by atoms with E-state index < -0.39 is 11.4 Å². The van der Waals surface area contributed by atoms with E-state index in [2.05, 4.69) is 6.07 Å². The Morgan fingerprint density at radius 3 is 2.32 bits per heavy atom. The lowest BCUT2D eigenvalue weighted by Gasteiger charge is -2.17. The molecule has 1 aromatic carbocycles. The van der Waals surface area contributed by atoms with E-state index in [0.717, 1.165) is 11.1 Å². The van der Waals surface area contributed by atoms with E-state index in [1.807, 2.05) is 27.7 Å². The molecule has 0 spiro atoms. The summed E-state index contributed by atoms with van der Waals surface area (Å²) in [5.41, 5.74) is 1.45. The van der Waals surface area contributed by atoms with Gasteiger partial charge in [0.1, 0.15) is 5.75 Å². The van der Waals surface area contributed by atoms with Gasteiger partial charge < -0.3 is 9.84 Å². The molecule has 1 aromatic rings. The van der Waals surface area contributed by atoms with Crippen LogP contribution in [0, 0.1) is 30.6 Å². The molecule has 0 aliphatic carbocycles. The van der Waals surface area contributed by atoms with E-state index in [-0.39, 0.29) is 5.56 Å². The molecular formula is C15H19NO3. The van der Waals surface area contributed by atoms with Crippen LogP contribution in [0.15, 0.2) is 12.1 Å². The van der Waals surface area contributed by atoms with Crippen molar-refractivity contribution < 1.29 is 14.6 Å². The van der Waals surface area contributed by atoms with Crippen LogP contribution in [0.1, 0.15) is 41.8 Å². The van der Waals surface area contributed by atoms with Gasteiger partial charge in [0.05, 0.1) is 23.7 Å². The lowest BCUT2D eigenvalue weighted by Crippen LogP contribution is -2.14. The highest BCUT2D eigenvalue weighted by molar-refractivity contribution is 5.88. The highest BCUT2D eigenvalue weighted by Crippen LogP contribution is 2.26. The molecule has 0 bridgehead atoms. The van der Waals surface area contributed by atoms with Gasteiger partial charge in [-0.05, 0) is 57.4 Å². The third-order valence-corrected chi connectivity index (χ3v) is 2.98. The van der Waals surface area contributed by atoms with Crippen molar-refractivity contribution in [2.45, 2.75) is 34.1 Å². The molecule has 0 saturated carbocycles. The average molecular weight is 261 g/mol. The van der Waals surface area contributed by atoms with Crippen molar-refractivity contribution in [2.75, 3.05) is 6.61 Å². The predicted molar refractivity (Wildman–Crippen MR) is 72.4 cm³/mol. The van der Waals surface area contributed by atoms with Crippen LogP contribution in [0.25, 0.3) is 0 Å². The van der Waals surface area contributed by atoms with Crippen LogP contribution in [-0.4, -0.2) is 17.7 Å². The number of aromatic carboxylic acids is 1. The highest BCUT2D eigenvalue weighted by Gasteiger charge is 2.17. The number of hydrogen-bond donors (Lipinski definition) is 1. The minimum atomic E-state index is -0.941. The fourth-order valence-electron chi connectivity index (χ4n) is 1.77. The summed E-state index contributed by atoms with van der Waals surface area (Å²) in [7, 11) is 0. The molecule has 4 nitrogen and oxygen atoms in total. The van der Waals surface area contributed by atoms with Crippen LogP contribution >= 0.6 is 0 Å². The first-order valence-electron chi connectivity index (χ1n) is 6.15.